The number of hydrogen-bond donors (Lipinski definition) is 0. The Morgan fingerprint density at radius 3 is 2.61 bits per heavy atom. The molecule has 3 rings (SSSR count). The van der Waals surface area contributed by atoms with Crippen molar-refractivity contribution in [2.75, 3.05) is 7.11 Å². The highest BCUT2D eigenvalue weighted by molar-refractivity contribution is 5.93. The Morgan fingerprint density at radius 2 is 1.83 bits per heavy atom. The molecule has 1 aliphatic rings. The number of fused-ring (bicyclic) bond motifs is 3. The summed E-state index contributed by atoms with van der Waals surface area (Å²) in [5, 5.41) is 0. The minimum absolute atomic E-state index is 0.338. The number of halogens is 1. The molecule has 0 amide bonds. The molecule has 1 unspecified atom stereocenters. The summed E-state index contributed by atoms with van der Waals surface area (Å²) in [6, 6.07) is 12.1. The number of carbonyl (C=O) groups excluding carboxylic acids is 1. The van der Waals surface area contributed by atoms with Crippen LogP contribution in [-0.2, 0) is 9.53 Å². The van der Waals surface area contributed by atoms with Gasteiger partial charge in [-0.15, -0.1) is 0 Å². The van der Waals surface area contributed by atoms with E-state index >= 15 is 0 Å². The number of esters is 1. The van der Waals surface area contributed by atoms with Gasteiger partial charge in [-0.1, -0.05) is 30.3 Å². The van der Waals surface area contributed by atoms with E-state index < -0.39 is 5.92 Å². The van der Waals surface area contributed by atoms with Crippen LogP contribution in [0.4, 0.5) is 4.39 Å². The molecule has 0 saturated heterocycles. The minimum Gasteiger partial charge on any atom is -0.468 e. The van der Waals surface area contributed by atoms with Crippen LogP contribution in [0.1, 0.15) is 17.0 Å². The van der Waals surface area contributed by atoms with Crippen LogP contribution < -0.4 is 0 Å². The Bertz CT molecular complexity index is 634. The van der Waals surface area contributed by atoms with Crippen molar-refractivity contribution >= 4 is 5.97 Å². The monoisotopic (exact) mass is 242 g/mol. The predicted octanol–water partition coefficient (Wildman–Crippen LogP) is 3.11. The van der Waals surface area contributed by atoms with Crippen LogP contribution >= 0.6 is 0 Å². The Morgan fingerprint density at radius 1 is 1.11 bits per heavy atom. The largest absolute Gasteiger partial charge is 0.468 e. The van der Waals surface area contributed by atoms with Crippen LogP contribution in [0, 0.1) is 5.82 Å². The molecular formula is C15H11FO2. The molecule has 90 valence electrons. The molecule has 0 aliphatic heterocycles. The maximum atomic E-state index is 13.4. The highest BCUT2D eigenvalue weighted by Gasteiger charge is 2.34. The molecule has 0 spiro atoms. The molecule has 2 aromatic carbocycles. The van der Waals surface area contributed by atoms with Crippen LogP contribution in [0.3, 0.4) is 0 Å². The van der Waals surface area contributed by atoms with E-state index in [0.717, 1.165) is 16.7 Å². The quantitative estimate of drug-likeness (QED) is 0.718. The Labute approximate surface area is 104 Å². The van der Waals surface area contributed by atoms with E-state index in [0.29, 0.717) is 5.56 Å². The van der Waals surface area contributed by atoms with E-state index in [1.165, 1.54) is 19.2 Å². The summed E-state index contributed by atoms with van der Waals surface area (Å²) in [6.45, 7) is 0. The first kappa shape index (κ1) is 11.0. The van der Waals surface area contributed by atoms with Crippen LogP contribution in [0.25, 0.3) is 11.1 Å². The zero-order chi connectivity index (χ0) is 12.7. The Kier molecular flexibility index (Phi) is 2.40. The van der Waals surface area contributed by atoms with E-state index in [1.807, 2.05) is 24.3 Å². The summed E-state index contributed by atoms with van der Waals surface area (Å²) in [5.74, 6) is -1.21. The lowest BCUT2D eigenvalue weighted by molar-refractivity contribution is -0.141. The second-order valence-corrected chi connectivity index (χ2v) is 4.27. The van der Waals surface area contributed by atoms with Gasteiger partial charge in [0, 0.05) is 0 Å². The summed E-state index contributed by atoms with van der Waals surface area (Å²) in [7, 11) is 1.35. The van der Waals surface area contributed by atoms with E-state index in [2.05, 4.69) is 0 Å². The third-order valence-corrected chi connectivity index (χ3v) is 3.32. The second-order valence-electron chi connectivity index (χ2n) is 4.27. The first-order chi connectivity index (χ1) is 8.72. The van der Waals surface area contributed by atoms with Gasteiger partial charge in [-0.25, -0.2) is 4.39 Å². The highest BCUT2D eigenvalue weighted by Crippen LogP contribution is 2.45. The Hall–Kier alpha value is -2.16. The van der Waals surface area contributed by atoms with Crippen molar-refractivity contribution in [2.24, 2.45) is 0 Å². The fourth-order valence-electron chi connectivity index (χ4n) is 2.55. The van der Waals surface area contributed by atoms with Crippen molar-refractivity contribution in [3.05, 3.63) is 59.4 Å². The van der Waals surface area contributed by atoms with Crippen molar-refractivity contribution in [3.63, 3.8) is 0 Å². The van der Waals surface area contributed by atoms with Crippen LogP contribution in [-0.4, -0.2) is 13.1 Å². The van der Waals surface area contributed by atoms with Crippen LogP contribution in [0.5, 0.6) is 0 Å². The molecule has 1 aliphatic carbocycles. The maximum Gasteiger partial charge on any atom is 0.317 e. The first-order valence-corrected chi connectivity index (χ1v) is 5.69. The lowest BCUT2D eigenvalue weighted by atomic mass is 9.97. The second kappa shape index (κ2) is 3.95. The van der Waals surface area contributed by atoms with E-state index in [1.54, 1.807) is 6.07 Å². The molecule has 1 atom stereocenters. The van der Waals surface area contributed by atoms with Crippen molar-refractivity contribution in [2.45, 2.75) is 5.92 Å². The zero-order valence-electron chi connectivity index (χ0n) is 9.81. The minimum atomic E-state index is -0.517. The highest BCUT2D eigenvalue weighted by atomic mass is 19.1. The van der Waals surface area contributed by atoms with E-state index in [4.69, 9.17) is 4.74 Å². The standard InChI is InChI=1S/C15H11FO2/c1-18-15(17)14-12-5-3-2-4-10(12)11-7-6-9(16)8-13(11)14/h2-8,14H,1H3. The SMILES string of the molecule is COC(=O)C1c2ccccc2-c2ccc(F)cc21. The fraction of sp³-hybridized carbons (Fsp3) is 0.133. The predicted molar refractivity (Wildman–Crippen MR) is 65.7 cm³/mol. The van der Waals surface area contributed by atoms with Gasteiger partial charge in [0.2, 0.25) is 0 Å². The number of benzene rings is 2. The summed E-state index contributed by atoms with van der Waals surface area (Å²) in [5.41, 5.74) is 3.44. The number of carbonyl (C=O) groups is 1. The van der Waals surface area contributed by atoms with Gasteiger partial charge in [-0.05, 0) is 34.4 Å². The van der Waals surface area contributed by atoms with Gasteiger partial charge < -0.3 is 4.74 Å². The Balaban J connectivity index is 2.28. The van der Waals surface area contributed by atoms with Crippen molar-refractivity contribution in [1.82, 2.24) is 0 Å². The lowest BCUT2D eigenvalue weighted by Gasteiger charge is -2.10. The topological polar surface area (TPSA) is 26.3 Å². The van der Waals surface area contributed by atoms with Crippen LogP contribution in [0.15, 0.2) is 42.5 Å². The normalized spacial score (nSPS) is 16.0. The summed E-state index contributed by atoms with van der Waals surface area (Å²) >= 11 is 0. The smallest absolute Gasteiger partial charge is 0.317 e. The van der Waals surface area contributed by atoms with Gasteiger partial charge >= 0.3 is 5.97 Å². The van der Waals surface area contributed by atoms with E-state index in [-0.39, 0.29) is 11.8 Å². The molecule has 0 radical (unpaired) electrons. The van der Waals surface area contributed by atoms with Crippen molar-refractivity contribution < 1.29 is 13.9 Å². The molecule has 0 aromatic heterocycles. The molecule has 0 saturated carbocycles. The molecule has 18 heavy (non-hydrogen) atoms. The molecule has 2 aromatic rings. The molecule has 2 nitrogen and oxygen atoms in total. The summed E-state index contributed by atoms with van der Waals surface area (Å²) in [6.07, 6.45) is 0. The van der Waals surface area contributed by atoms with Gasteiger partial charge in [0.1, 0.15) is 11.7 Å². The van der Waals surface area contributed by atoms with Gasteiger partial charge in [0.05, 0.1) is 7.11 Å². The average molecular weight is 242 g/mol. The fourth-order valence-corrected chi connectivity index (χ4v) is 2.55. The maximum absolute atomic E-state index is 13.4. The molecule has 0 N–H and O–H groups in total. The van der Waals surface area contributed by atoms with Crippen LogP contribution in [0.2, 0.25) is 0 Å². The van der Waals surface area contributed by atoms with Gasteiger partial charge in [0.25, 0.3) is 0 Å². The number of rotatable bonds is 1. The average Bonchev–Trinajstić information content (AvgIpc) is 2.71. The molecular weight excluding hydrogens is 231 g/mol. The third-order valence-electron chi connectivity index (χ3n) is 3.32. The number of methoxy groups -OCH3 is 1. The zero-order valence-corrected chi connectivity index (χ0v) is 9.81. The lowest BCUT2D eigenvalue weighted by Crippen LogP contribution is -2.13. The van der Waals surface area contributed by atoms with Crippen molar-refractivity contribution in [3.8, 4) is 11.1 Å². The molecule has 0 heterocycles. The molecule has 3 heteroatoms. The summed E-state index contributed by atoms with van der Waals surface area (Å²) in [4.78, 5) is 11.9. The number of hydrogen-bond acceptors (Lipinski definition) is 2. The summed E-state index contributed by atoms with van der Waals surface area (Å²) < 4.78 is 18.2. The van der Waals surface area contributed by atoms with Gasteiger partial charge in [-0.3, -0.25) is 4.79 Å². The van der Waals surface area contributed by atoms with Crippen molar-refractivity contribution in [1.29, 1.82) is 0 Å². The number of ether oxygens (including phenoxy) is 1. The van der Waals surface area contributed by atoms with E-state index in [9.17, 15) is 9.18 Å². The third kappa shape index (κ3) is 1.44. The molecule has 0 bridgehead atoms. The van der Waals surface area contributed by atoms with Gasteiger partial charge in [-0.2, -0.15) is 0 Å². The first-order valence-electron chi connectivity index (χ1n) is 5.69. The van der Waals surface area contributed by atoms with Gasteiger partial charge in [0.15, 0.2) is 0 Å². The molecule has 0 fully saturated rings.